The fourth-order valence-electron chi connectivity index (χ4n) is 2.93. The molecule has 0 radical (unpaired) electrons. The second kappa shape index (κ2) is 7.29. The fraction of sp³-hybridized carbons (Fsp3) is 0.389. The second-order valence-corrected chi connectivity index (χ2v) is 5.98. The van der Waals surface area contributed by atoms with Crippen molar-refractivity contribution >= 4 is 11.9 Å². The minimum atomic E-state index is -0.964. The van der Waals surface area contributed by atoms with Crippen LogP contribution in [0.2, 0.25) is 0 Å². The van der Waals surface area contributed by atoms with Crippen LogP contribution in [0.5, 0.6) is 0 Å². The minimum Gasteiger partial charge on any atom is -0.481 e. The number of aryl methyl sites for hydroxylation is 3. The molecule has 2 aromatic rings. The maximum atomic E-state index is 12.6. The van der Waals surface area contributed by atoms with Crippen molar-refractivity contribution < 1.29 is 19.2 Å². The average molecular weight is 330 g/mol. The van der Waals surface area contributed by atoms with E-state index in [-0.39, 0.29) is 12.3 Å². The van der Waals surface area contributed by atoms with E-state index < -0.39 is 17.9 Å². The first-order valence-electron chi connectivity index (χ1n) is 7.81. The van der Waals surface area contributed by atoms with Crippen molar-refractivity contribution in [3.05, 3.63) is 52.4 Å². The highest BCUT2D eigenvalue weighted by Gasteiger charge is 2.26. The van der Waals surface area contributed by atoms with Crippen molar-refractivity contribution in [3.8, 4) is 0 Å². The van der Waals surface area contributed by atoms with Gasteiger partial charge < -0.3 is 14.9 Å². The number of carbonyl (C=O) groups excluding carboxylic acids is 1. The number of benzene rings is 1. The molecule has 0 spiro atoms. The van der Waals surface area contributed by atoms with Crippen molar-refractivity contribution in [1.82, 2.24) is 10.5 Å². The monoisotopic (exact) mass is 330 g/mol. The van der Waals surface area contributed by atoms with Crippen LogP contribution >= 0.6 is 0 Å². The van der Waals surface area contributed by atoms with E-state index >= 15 is 0 Å². The number of aliphatic carboxylic acids is 1. The smallest absolute Gasteiger partial charge is 0.305 e. The van der Waals surface area contributed by atoms with Crippen molar-refractivity contribution in [2.45, 2.75) is 46.1 Å². The Balaban J connectivity index is 2.25. The Labute approximate surface area is 140 Å². The maximum Gasteiger partial charge on any atom is 0.305 e. The summed E-state index contributed by atoms with van der Waals surface area (Å²) in [5.41, 5.74) is 3.15. The van der Waals surface area contributed by atoms with Gasteiger partial charge in [0.15, 0.2) is 0 Å². The van der Waals surface area contributed by atoms with Gasteiger partial charge in [-0.1, -0.05) is 29.4 Å². The van der Waals surface area contributed by atoms with Gasteiger partial charge in [-0.25, -0.2) is 0 Å². The van der Waals surface area contributed by atoms with Crippen LogP contribution in [-0.2, 0) is 9.59 Å². The van der Waals surface area contributed by atoms with E-state index in [9.17, 15) is 14.7 Å². The summed E-state index contributed by atoms with van der Waals surface area (Å²) < 4.78 is 5.12. The molecule has 0 fully saturated rings. The van der Waals surface area contributed by atoms with Crippen molar-refractivity contribution in [2.24, 2.45) is 0 Å². The molecule has 128 valence electrons. The van der Waals surface area contributed by atoms with Gasteiger partial charge in [-0.15, -0.1) is 0 Å². The lowest BCUT2D eigenvalue weighted by molar-refractivity contribution is -0.137. The molecule has 0 aliphatic rings. The van der Waals surface area contributed by atoms with Gasteiger partial charge in [-0.05, 0) is 38.8 Å². The molecule has 1 heterocycles. The summed E-state index contributed by atoms with van der Waals surface area (Å²) in [7, 11) is 0. The molecule has 1 amide bonds. The molecule has 0 saturated heterocycles. The third kappa shape index (κ3) is 3.82. The summed E-state index contributed by atoms with van der Waals surface area (Å²) in [4.78, 5) is 23.9. The van der Waals surface area contributed by atoms with E-state index in [0.29, 0.717) is 11.5 Å². The molecule has 1 aromatic carbocycles. The first kappa shape index (κ1) is 17.7. The normalized spacial score (nSPS) is 13.3. The molecule has 2 rings (SSSR count). The molecule has 6 heteroatoms. The van der Waals surface area contributed by atoms with Gasteiger partial charge in [0, 0.05) is 5.56 Å². The van der Waals surface area contributed by atoms with Gasteiger partial charge in [0.1, 0.15) is 5.76 Å². The van der Waals surface area contributed by atoms with Gasteiger partial charge in [-0.3, -0.25) is 9.59 Å². The van der Waals surface area contributed by atoms with E-state index in [4.69, 9.17) is 4.52 Å². The average Bonchev–Trinajstić information content (AvgIpc) is 2.85. The van der Waals surface area contributed by atoms with Gasteiger partial charge in [0.25, 0.3) is 0 Å². The van der Waals surface area contributed by atoms with Crippen molar-refractivity contribution in [2.75, 3.05) is 0 Å². The van der Waals surface area contributed by atoms with Crippen LogP contribution in [0, 0.1) is 20.8 Å². The zero-order valence-electron chi connectivity index (χ0n) is 14.3. The number of amides is 1. The Hall–Kier alpha value is -2.63. The first-order valence-corrected chi connectivity index (χ1v) is 7.81. The zero-order chi connectivity index (χ0) is 17.9. The number of aromatic nitrogens is 1. The lowest BCUT2D eigenvalue weighted by atomic mass is 9.95. The predicted octanol–water partition coefficient (Wildman–Crippen LogP) is 3.04. The van der Waals surface area contributed by atoms with Crippen LogP contribution in [0.25, 0.3) is 0 Å². The molecule has 6 nitrogen and oxygen atoms in total. The fourth-order valence-corrected chi connectivity index (χ4v) is 2.93. The summed E-state index contributed by atoms with van der Waals surface area (Å²) in [6.07, 6.45) is -0.176. The summed E-state index contributed by atoms with van der Waals surface area (Å²) in [5, 5.41) is 15.9. The molecular weight excluding hydrogens is 308 g/mol. The maximum absolute atomic E-state index is 12.6. The van der Waals surface area contributed by atoms with Crippen LogP contribution in [0.15, 0.2) is 28.8 Å². The van der Waals surface area contributed by atoms with Crippen LogP contribution in [0.3, 0.4) is 0 Å². The van der Waals surface area contributed by atoms with Gasteiger partial charge in [0.2, 0.25) is 5.91 Å². The van der Waals surface area contributed by atoms with Crippen molar-refractivity contribution in [3.63, 3.8) is 0 Å². The van der Waals surface area contributed by atoms with Crippen molar-refractivity contribution in [1.29, 1.82) is 0 Å². The molecule has 0 aliphatic carbocycles. The Morgan fingerprint density at radius 1 is 1.25 bits per heavy atom. The van der Waals surface area contributed by atoms with Gasteiger partial charge in [0.05, 0.1) is 24.1 Å². The molecular formula is C18H22N2O4. The number of hydrogen-bond donors (Lipinski definition) is 2. The molecule has 2 atom stereocenters. The highest BCUT2D eigenvalue weighted by molar-refractivity contribution is 5.84. The number of hydrogen-bond acceptors (Lipinski definition) is 4. The van der Waals surface area contributed by atoms with Crippen LogP contribution < -0.4 is 5.32 Å². The van der Waals surface area contributed by atoms with Gasteiger partial charge in [-0.2, -0.15) is 0 Å². The number of nitrogens with zero attached hydrogens (tertiary/aromatic N) is 1. The molecule has 1 aromatic heterocycles. The van der Waals surface area contributed by atoms with Gasteiger partial charge >= 0.3 is 5.97 Å². The van der Waals surface area contributed by atoms with Crippen LogP contribution in [-0.4, -0.2) is 22.1 Å². The van der Waals surface area contributed by atoms with E-state index in [1.807, 2.05) is 31.2 Å². The highest BCUT2D eigenvalue weighted by Crippen LogP contribution is 2.26. The largest absolute Gasteiger partial charge is 0.481 e. The summed E-state index contributed by atoms with van der Waals surface area (Å²) in [6.45, 7) is 7.20. The van der Waals surface area contributed by atoms with E-state index in [1.165, 1.54) is 0 Å². The SMILES string of the molecule is Cc1ccccc1[C@H](CC(=O)O)NC(=O)[C@@H](C)c1c(C)noc1C. The summed E-state index contributed by atoms with van der Waals surface area (Å²) in [5.74, 6) is -1.09. The molecule has 0 bridgehead atoms. The molecule has 24 heavy (non-hydrogen) atoms. The lowest BCUT2D eigenvalue weighted by Crippen LogP contribution is -2.34. The quantitative estimate of drug-likeness (QED) is 0.849. The highest BCUT2D eigenvalue weighted by atomic mass is 16.5. The van der Waals surface area contributed by atoms with Crippen LogP contribution in [0.4, 0.5) is 0 Å². The molecule has 2 N–H and O–H groups in total. The molecule has 0 saturated carbocycles. The molecule has 0 unspecified atom stereocenters. The first-order chi connectivity index (χ1) is 11.3. The second-order valence-electron chi connectivity index (χ2n) is 5.98. The number of carboxylic acids is 1. The standard InChI is InChI=1S/C18H22N2O4/c1-10-7-5-6-8-14(10)15(9-16(21)22)19-18(23)11(2)17-12(3)20-24-13(17)4/h5-8,11,15H,9H2,1-4H3,(H,19,23)(H,21,22)/t11-,15-/m0/s1. The zero-order valence-corrected chi connectivity index (χ0v) is 14.3. The lowest BCUT2D eigenvalue weighted by Gasteiger charge is -2.21. The summed E-state index contributed by atoms with van der Waals surface area (Å²) in [6, 6.07) is 6.86. The Bertz CT molecular complexity index is 732. The number of carboxylic acid groups (broad SMARTS) is 1. The van der Waals surface area contributed by atoms with E-state index in [1.54, 1.807) is 20.8 Å². The third-order valence-electron chi connectivity index (χ3n) is 4.17. The third-order valence-corrected chi connectivity index (χ3v) is 4.17. The Kier molecular flexibility index (Phi) is 5.39. The Morgan fingerprint density at radius 2 is 1.92 bits per heavy atom. The molecule has 0 aliphatic heterocycles. The number of rotatable bonds is 6. The number of nitrogens with one attached hydrogen (secondary N) is 1. The number of carbonyl (C=O) groups is 2. The minimum absolute atomic E-state index is 0.176. The predicted molar refractivity (Wildman–Crippen MR) is 88.7 cm³/mol. The van der Waals surface area contributed by atoms with Crippen LogP contribution in [0.1, 0.15) is 53.4 Å². The Morgan fingerprint density at radius 3 is 2.46 bits per heavy atom. The van der Waals surface area contributed by atoms with E-state index in [0.717, 1.165) is 16.7 Å². The van der Waals surface area contributed by atoms with E-state index in [2.05, 4.69) is 10.5 Å². The summed E-state index contributed by atoms with van der Waals surface area (Å²) >= 11 is 0. The topological polar surface area (TPSA) is 92.4 Å².